The standard InChI is InChI=1S/C14H21NO3/c1-11-4-6-12(7-5-11)13(16)15-10-14(2,17)8-9-18-3/h4-7,17H,8-10H2,1-3H3,(H,15,16). The smallest absolute Gasteiger partial charge is 0.251 e. The topological polar surface area (TPSA) is 58.6 Å². The van der Waals surface area contributed by atoms with Gasteiger partial charge in [-0.2, -0.15) is 0 Å². The number of aryl methyl sites for hydroxylation is 1. The molecule has 0 spiro atoms. The van der Waals surface area contributed by atoms with Crippen molar-refractivity contribution in [2.24, 2.45) is 0 Å². The van der Waals surface area contributed by atoms with E-state index in [1.165, 1.54) is 0 Å². The van der Waals surface area contributed by atoms with Crippen LogP contribution in [-0.2, 0) is 4.74 Å². The van der Waals surface area contributed by atoms with Gasteiger partial charge in [0.15, 0.2) is 0 Å². The fraction of sp³-hybridized carbons (Fsp3) is 0.500. The van der Waals surface area contributed by atoms with E-state index in [1.54, 1.807) is 26.2 Å². The van der Waals surface area contributed by atoms with Gasteiger partial charge in [-0.1, -0.05) is 17.7 Å². The lowest BCUT2D eigenvalue weighted by Crippen LogP contribution is -2.41. The Morgan fingerprint density at radius 3 is 2.56 bits per heavy atom. The Kier molecular flexibility index (Phi) is 5.31. The predicted octanol–water partition coefficient (Wildman–Crippen LogP) is 1.51. The first-order chi connectivity index (χ1) is 8.44. The Labute approximate surface area is 108 Å². The lowest BCUT2D eigenvalue weighted by molar-refractivity contribution is 0.0243. The molecule has 4 heteroatoms. The van der Waals surface area contributed by atoms with Crippen molar-refractivity contribution in [1.82, 2.24) is 5.32 Å². The molecule has 1 unspecified atom stereocenters. The molecule has 0 bridgehead atoms. The summed E-state index contributed by atoms with van der Waals surface area (Å²) in [5, 5.41) is 12.7. The van der Waals surface area contributed by atoms with Crippen molar-refractivity contribution in [3.63, 3.8) is 0 Å². The fourth-order valence-corrected chi connectivity index (χ4v) is 1.49. The summed E-state index contributed by atoms with van der Waals surface area (Å²) in [6.07, 6.45) is 0.484. The lowest BCUT2D eigenvalue weighted by atomic mass is 10.0. The van der Waals surface area contributed by atoms with Gasteiger partial charge in [0, 0.05) is 32.2 Å². The molecule has 0 saturated carbocycles. The molecule has 1 amide bonds. The van der Waals surface area contributed by atoms with Crippen molar-refractivity contribution in [2.45, 2.75) is 25.9 Å². The zero-order valence-corrected chi connectivity index (χ0v) is 11.2. The maximum Gasteiger partial charge on any atom is 0.251 e. The Morgan fingerprint density at radius 2 is 2.00 bits per heavy atom. The van der Waals surface area contributed by atoms with Gasteiger partial charge in [0.2, 0.25) is 0 Å². The van der Waals surface area contributed by atoms with Crippen LogP contribution in [0.1, 0.15) is 29.3 Å². The molecule has 0 aromatic heterocycles. The molecule has 100 valence electrons. The van der Waals surface area contributed by atoms with Crippen molar-refractivity contribution in [3.8, 4) is 0 Å². The number of nitrogens with one attached hydrogen (secondary N) is 1. The van der Waals surface area contributed by atoms with E-state index in [-0.39, 0.29) is 12.5 Å². The Bertz CT molecular complexity index is 385. The molecular weight excluding hydrogens is 230 g/mol. The van der Waals surface area contributed by atoms with Crippen LogP contribution in [0.4, 0.5) is 0 Å². The highest BCUT2D eigenvalue weighted by Gasteiger charge is 2.21. The van der Waals surface area contributed by atoms with E-state index in [0.29, 0.717) is 18.6 Å². The molecule has 18 heavy (non-hydrogen) atoms. The molecular formula is C14H21NO3. The van der Waals surface area contributed by atoms with Gasteiger partial charge in [0.25, 0.3) is 5.91 Å². The van der Waals surface area contributed by atoms with E-state index in [9.17, 15) is 9.90 Å². The quantitative estimate of drug-likeness (QED) is 0.805. The fourth-order valence-electron chi connectivity index (χ4n) is 1.49. The summed E-state index contributed by atoms with van der Waals surface area (Å²) in [6.45, 7) is 4.33. The molecule has 0 aliphatic carbocycles. The van der Waals surface area contributed by atoms with Gasteiger partial charge in [-0.15, -0.1) is 0 Å². The normalized spacial score (nSPS) is 14.0. The summed E-state index contributed by atoms with van der Waals surface area (Å²) in [5.41, 5.74) is 0.762. The number of ether oxygens (including phenoxy) is 1. The summed E-state index contributed by atoms with van der Waals surface area (Å²) in [6, 6.07) is 7.32. The maximum atomic E-state index is 11.8. The first kappa shape index (κ1) is 14.7. The van der Waals surface area contributed by atoms with Crippen molar-refractivity contribution in [2.75, 3.05) is 20.3 Å². The number of aliphatic hydroxyl groups is 1. The molecule has 0 aliphatic rings. The zero-order chi connectivity index (χ0) is 13.6. The maximum absolute atomic E-state index is 11.8. The van der Waals surface area contributed by atoms with E-state index in [2.05, 4.69) is 5.32 Å². The number of carbonyl (C=O) groups excluding carboxylic acids is 1. The minimum Gasteiger partial charge on any atom is -0.388 e. The molecule has 0 heterocycles. The van der Waals surface area contributed by atoms with Crippen LogP contribution < -0.4 is 5.32 Å². The predicted molar refractivity (Wildman–Crippen MR) is 70.6 cm³/mol. The summed E-state index contributed by atoms with van der Waals surface area (Å²) >= 11 is 0. The molecule has 0 saturated heterocycles. The number of carbonyl (C=O) groups is 1. The van der Waals surface area contributed by atoms with Gasteiger partial charge < -0.3 is 15.2 Å². The first-order valence-corrected chi connectivity index (χ1v) is 6.01. The van der Waals surface area contributed by atoms with E-state index >= 15 is 0 Å². The van der Waals surface area contributed by atoms with Crippen molar-refractivity contribution in [3.05, 3.63) is 35.4 Å². The van der Waals surface area contributed by atoms with Crippen LogP contribution in [0.25, 0.3) is 0 Å². The molecule has 0 aliphatic heterocycles. The van der Waals surface area contributed by atoms with E-state index < -0.39 is 5.60 Å². The highest BCUT2D eigenvalue weighted by atomic mass is 16.5. The van der Waals surface area contributed by atoms with Crippen LogP contribution in [0.2, 0.25) is 0 Å². The number of methoxy groups -OCH3 is 1. The second-order valence-corrected chi connectivity index (χ2v) is 4.79. The zero-order valence-electron chi connectivity index (χ0n) is 11.2. The number of amides is 1. The number of hydrogen-bond donors (Lipinski definition) is 2. The third-order valence-electron chi connectivity index (χ3n) is 2.79. The molecule has 1 aromatic carbocycles. The van der Waals surface area contributed by atoms with Gasteiger partial charge in [-0.3, -0.25) is 4.79 Å². The summed E-state index contributed by atoms with van der Waals surface area (Å²) in [4.78, 5) is 11.8. The van der Waals surface area contributed by atoms with Gasteiger partial charge in [-0.05, 0) is 26.0 Å². The molecule has 0 fully saturated rings. The van der Waals surface area contributed by atoms with Crippen molar-refractivity contribution < 1.29 is 14.6 Å². The Balaban J connectivity index is 2.48. The molecule has 4 nitrogen and oxygen atoms in total. The van der Waals surface area contributed by atoms with Crippen molar-refractivity contribution in [1.29, 1.82) is 0 Å². The molecule has 0 radical (unpaired) electrons. The summed E-state index contributed by atoms with van der Waals surface area (Å²) in [7, 11) is 1.58. The lowest BCUT2D eigenvalue weighted by Gasteiger charge is -2.23. The number of hydrogen-bond acceptors (Lipinski definition) is 3. The Hall–Kier alpha value is -1.39. The summed E-state index contributed by atoms with van der Waals surface area (Å²) in [5.74, 6) is -0.173. The third-order valence-corrected chi connectivity index (χ3v) is 2.79. The molecule has 2 N–H and O–H groups in total. The van der Waals surface area contributed by atoms with Crippen LogP contribution in [0.5, 0.6) is 0 Å². The van der Waals surface area contributed by atoms with E-state index in [4.69, 9.17) is 4.74 Å². The third kappa shape index (κ3) is 4.85. The SMILES string of the molecule is COCCC(C)(O)CNC(=O)c1ccc(C)cc1. The number of rotatable bonds is 6. The number of benzene rings is 1. The Morgan fingerprint density at radius 1 is 1.39 bits per heavy atom. The minimum atomic E-state index is -0.948. The van der Waals surface area contributed by atoms with Gasteiger partial charge in [-0.25, -0.2) is 0 Å². The van der Waals surface area contributed by atoms with E-state index in [0.717, 1.165) is 5.56 Å². The van der Waals surface area contributed by atoms with Crippen LogP contribution >= 0.6 is 0 Å². The second-order valence-electron chi connectivity index (χ2n) is 4.79. The first-order valence-electron chi connectivity index (χ1n) is 6.01. The van der Waals surface area contributed by atoms with Gasteiger partial charge >= 0.3 is 0 Å². The van der Waals surface area contributed by atoms with Crippen LogP contribution in [-0.4, -0.2) is 36.9 Å². The largest absolute Gasteiger partial charge is 0.388 e. The van der Waals surface area contributed by atoms with Crippen LogP contribution in [0, 0.1) is 6.92 Å². The highest BCUT2D eigenvalue weighted by Crippen LogP contribution is 2.08. The van der Waals surface area contributed by atoms with Gasteiger partial charge in [0.1, 0.15) is 0 Å². The van der Waals surface area contributed by atoms with Crippen LogP contribution in [0.3, 0.4) is 0 Å². The molecule has 1 aromatic rings. The highest BCUT2D eigenvalue weighted by molar-refractivity contribution is 5.94. The van der Waals surface area contributed by atoms with E-state index in [1.807, 2.05) is 19.1 Å². The average Bonchev–Trinajstić information content (AvgIpc) is 2.35. The monoisotopic (exact) mass is 251 g/mol. The minimum absolute atomic E-state index is 0.173. The van der Waals surface area contributed by atoms with Crippen molar-refractivity contribution >= 4 is 5.91 Å². The molecule has 1 atom stereocenters. The van der Waals surface area contributed by atoms with Crippen LogP contribution in [0.15, 0.2) is 24.3 Å². The molecule has 1 rings (SSSR count). The average molecular weight is 251 g/mol. The summed E-state index contributed by atoms with van der Waals surface area (Å²) < 4.78 is 4.91. The van der Waals surface area contributed by atoms with Gasteiger partial charge in [0.05, 0.1) is 5.60 Å². The second kappa shape index (κ2) is 6.52.